The quantitative estimate of drug-likeness (QED) is 0.753. The second-order valence-electron chi connectivity index (χ2n) is 6.04. The van der Waals surface area contributed by atoms with Crippen LogP contribution in [0.15, 0.2) is 12.3 Å². The normalized spacial score (nSPS) is 43.4. The van der Waals surface area contributed by atoms with Crippen LogP contribution in [0.3, 0.4) is 0 Å². The lowest BCUT2D eigenvalue weighted by atomic mass is 9.76. The van der Waals surface area contributed by atoms with Gasteiger partial charge in [0.25, 0.3) is 0 Å². The molecular formula is C14H25NO2. The maximum absolute atomic E-state index is 6.17. The Morgan fingerprint density at radius 2 is 2.24 bits per heavy atom. The molecule has 0 saturated heterocycles. The molecule has 2 bridgehead atoms. The molecule has 3 heteroatoms. The van der Waals surface area contributed by atoms with Crippen LogP contribution in [0.25, 0.3) is 0 Å². The van der Waals surface area contributed by atoms with Crippen molar-refractivity contribution in [1.29, 1.82) is 0 Å². The Morgan fingerprint density at radius 1 is 1.47 bits per heavy atom. The highest BCUT2D eigenvalue weighted by Gasteiger charge is 2.46. The average molecular weight is 239 g/mol. The van der Waals surface area contributed by atoms with Crippen LogP contribution in [0.1, 0.15) is 39.5 Å². The Kier molecular flexibility index (Phi) is 3.79. The first kappa shape index (κ1) is 12.9. The highest BCUT2D eigenvalue weighted by atomic mass is 16.5. The molecule has 2 N–H and O–H groups in total. The Balaban J connectivity index is 2.26. The molecule has 5 unspecified atom stereocenters. The summed E-state index contributed by atoms with van der Waals surface area (Å²) in [6.07, 6.45) is 8.55. The second-order valence-corrected chi connectivity index (χ2v) is 6.04. The van der Waals surface area contributed by atoms with E-state index in [2.05, 4.69) is 19.9 Å². The topological polar surface area (TPSA) is 44.5 Å². The third-order valence-corrected chi connectivity index (χ3v) is 4.52. The fourth-order valence-electron chi connectivity index (χ4n) is 3.57. The minimum absolute atomic E-state index is 0.0857. The van der Waals surface area contributed by atoms with Crippen molar-refractivity contribution >= 4 is 0 Å². The first-order chi connectivity index (χ1) is 8.06. The molecule has 0 aromatic rings. The zero-order valence-electron chi connectivity index (χ0n) is 11.2. The number of rotatable bonds is 2. The molecule has 0 aromatic heterocycles. The molecule has 17 heavy (non-hydrogen) atoms. The minimum Gasteiger partial charge on any atom is -0.498 e. The third kappa shape index (κ3) is 2.50. The molecule has 0 spiro atoms. The molecule has 1 aliphatic carbocycles. The summed E-state index contributed by atoms with van der Waals surface area (Å²) in [6.45, 7) is 4.53. The van der Waals surface area contributed by atoms with Crippen molar-refractivity contribution in [3.8, 4) is 0 Å². The molecule has 1 saturated carbocycles. The van der Waals surface area contributed by atoms with E-state index in [0.29, 0.717) is 5.92 Å². The van der Waals surface area contributed by atoms with Crippen molar-refractivity contribution in [2.24, 2.45) is 23.0 Å². The zero-order valence-corrected chi connectivity index (χ0v) is 11.2. The van der Waals surface area contributed by atoms with E-state index in [1.54, 1.807) is 7.11 Å². The number of fused-ring (bicyclic) bond motifs is 2. The van der Waals surface area contributed by atoms with Crippen LogP contribution in [-0.2, 0) is 9.47 Å². The van der Waals surface area contributed by atoms with Gasteiger partial charge in [0.15, 0.2) is 0 Å². The lowest BCUT2D eigenvalue weighted by molar-refractivity contribution is -0.0877. The largest absolute Gasteiger partial charge is 0.498 e. The summed E-state index contributed by atoms with van der Waals surface area (Å²) in [7, 11) is 1.69. The highest BCUT2D eigenvalue weighted by Crippen LogP contribution is 2.45. The predicted molar refractivity (Wildman–Crippen MR) is 68.2 cm³/mol. The van der Waals surface area contributed by atoms with Crippen molar-refractivity contribution in [3.63, 3.8) is 0 Å². The van der Waals surface area contributed by atoms with Crippen LogP contribution in [-0.4, -0.2) is 19.4 Å². The molecule has 0 aromatic carbocycles. The van der Waals surface area contributed by atoms with Gasteiger partial charge in [-0.1, -0.05) is 13.8 Å². The predicted octanol–water partition coefficient (Wildman–Crippen LogP) is 2.66. The van der Waals surface area contributed by atoms with Crippen molar-refractivity contribution in [1.82, 2.24) is 0 Å². The lowest BCUT2D eigenvalue weighted by Gasteiger charge is -2.40. The lowest BCUT2D eigenvalue weighted by Crippen LogP contribution is -2.49. The summed E-state index contributed by atoms with van der Waals surface area (Å²) in [5.41, 5.74) is 6.09. The van der Waals surface area contributed by atoms with Crippen LogP contribution < -0.4 is 5.73 Å². The zero-order chi connectivity index (χ0) is 12.5. The first-order valence-electron chi connectivity index (χ1n) is 6.65. The van der Waals surface area contributed by atoms with Gasteiger partial charge >= 0.3 is 0 Å². The van der Waals surface area contributed by atoms with Crippen LogP contribution in [0.5, 0.6) is 0 Å². The van der Waals surface area contributed by atoms with E-state index in [-0.39, 0.29) is 17.7 Å². The van der Waals surface area contributed by atoms with E-state index in [0.717, 1.165) is 25.2 Å². The number of nitrogens with two attached hydrogens (primary N) is 1. The maximum atomic E-state index is 6.17. The Hall–Kier alpha value is -0.540. The van der Waals surface area contributed by atoms with E-state index < -0.39 is 0 Å². The number of hydrogen-bond acceptors (Lipinski definition) is 3. The molecule has 5 atom stereocenters. The number of methoxy groups -OCH3 is 1. The molecule has 1 fully saturated rings. The standard InChI is InChI=1S/C14H25NO2/c1-10-7-11-5-4-6-17-12(8-11)14(2,9-10)13(15)16-3/h4,6,10-13H,5,7-9,15H2,1-3H3. The summed E-state index contributed by atoms with van der Waals surface area (Å²) in [5.74, 6) is 1.42. The highest BCUT2D eigenvalue weighted by molar-refractivity contribution is 4.98. The molecule has 98 valence electrons. The van der Waals surface area contributed by atoms with Crippen molar-refractivity contribution in [2.75, 3.05) is 7.11 Å². The van der Waals surface area contributed by atoms with Gasteiger partial charge in [-0.3, -0.25) is 0 Å². The molecular weight excluding hydrogens is 214 g/mol. The summed E-state index contributed by atoms with van der Waals surface area (Å²) >= 11 is 0. The summed E-state index contributed by atoms with van der Waals surface area (Å²) < 4.78 is 11.3. The van der Waals surface area contributed by atoms with E-state index in [4.69, 9.17) is 15.2 Å². The van der Waals surface area contributed by atoms with Gasteiger partial charge in [-0.2, -0.15) is 0 Å². The van der Waals surface area contributed by atoms with Gasteiger partial charge < -0.3 is 15.2 Å². The molecule has 1 heterocycles. The molecule has 2 rings (SSSR count). The van der Waals surface area contributed by atoms with Crippen LogP contribution >= 0.6 is 0 Å². The van der Waals surface area contributed by atoms with E-state index in [1.807, 2.05) is 6.26 Å². The summed E-state index contributed by atoms with van der Waals surface area (Å²) in [4.78, 5) is 0. The van der Waals surface area contributed by atoms with Gasteiger partial charge in [0, 0.05) is 12.5 Å². The molecule has 3 nitrogen and oxygen atoms in total. The van der Waals surface area contributed by atoms with Crippen LogP contribution in [0, 0.1) is 17.3 Å². The Bertz CT molecular complexity index is 292. The van der Waals surface area contributed by atoms with Crippen molar-refractivity contribution < 1.29 is 9.47 Å². The molecule has 2 aliphatic rings. The number of hydrogen-bond donors (Lipinski definition) is 1. The molecule has 0 amide bonds. The molecule has 1 aliphatic heterocycles. The Labute approximate surface area is 104 Å². The monoisotopic (exact) mass is 239 g/mol. The summed E-state index contributed by atoms with van der Waals surface area (Å²) in [6, 6.07) is 0. The van der Waals surface area contributed by atoms with Crippen molar-refractivity contribution in [2.45, 2.75) is 51.9 Å². The fourth-order valence-corrected chi connectivity index (χ4v) is 3.57. The van der Waals surface area contributed by atoms with Crippen LogP contribution in [0.2, 0.25) is 0 Å². The molecule has 0 radical (unpaired) electrons. The number of allylic oxidation sites excluding steroid dienone is 1. The second kappa shape index (κ2) is 4.99. The Morgan fingerprint density at radius 3 is 2.94 bits per heavy atom. The van der Waals surface area contributed by atoms with E-state index in [1.165, 1.54) is 6.42 Å². The third-order valence-electron chi connectivity index (χ3n) is 4.52. The maximum Gasteiger partial charge on any atom is 0.114 e. The van der Waals surface area contributed by atoms with Gasteiger partial charge in [-0.25, -0.2) is 0 Å². The van der Waals surface area contributed by atoms with Crippen LogP contribution in [0.4, 0.5) is 0 Å². The number of ether oxygens (including phenoxy) is 2. The summed E-state index contributed by atoms with van der Waals surface area (Å²) in [5, 5.41) is 0. The van der Waals surface area contributed by atoms with Crippen molar-refractivity contribution in [3.05, 3.63) is 12.3 Å². The minimum atomic E-state index is -0.250. The van der Waals surface area contributed by atoms with Gasteiger partial charge in [-0.05, 0) is 43.6 Å². The fraction of sp³-hybridized carbons (Fsp3) is 0.857. The van der Waals surface area contributed by atoms with E-state index >= 15 is 0 Å². The van der Waals surface area contributed by atoms with Gasteiger partial charge in [0.05, 0.1) is 6.26 Å². The smallest absolute Gasteiger partial charge is 0.114 e. The first-order valence-corrected chi connectivity index (χ1v) is 6.65. The van der Waals surface area contributed by atoms with Gasteiger partial charge in [0.1, 0.15) is 12.3 Å². The van der Waals surface area contributed by atoms with Gasteiger partial charge in [0.2, 0.25) is 0 Å². The average Bonchev–Trinajstić information content (AvgIpc) is 2.58. The van der Waals surface area contributed by atoms with E-state index in [9.17, 15) is 0 Å². The SMILES string of the molecule is COC(N)C1(C)CC(C)CC2CC=COC1C2. The van der Waals surface area contributed by atoms with Gasteiger partial charge in [-0.15, -0.1) is 0 Å².